The minimum Gasteiger partial charge on any atom is -0.352 e. The van der Waals surface area contributed by atoms with E-state index in [0.717, 1.165) is 19.4 Å². The summed E-state index contributed by atoms with van der Waals surface area (Å²) in [5, 5.41) is 3.06. The summed E-state index contributed by atoms with van der Waals surface area (Å²) in [5.74, 6) is 0.452. The average Bonchev–Trinajstić information content (AvgIpc) is 3.38. The van der Waals surface area contributed by atoms with E-state index in [9.17, 15) is 4.79 Å². The van der Waals surface area contributed by atoms with Gasteiger partial charge in [-0.1, -0.05) is 48.5 Å². The first-order chi connectivity index (χ1) is 11.1. The van der Waals surface area contributed by atoms with Gasteiger partial charge in [0, 0.05) is 19.0 Å². The summed E-state index contributed by atoms with van der Waals surface area (Å²) in [6.45, 7) is 1.55. The Hall–Kier alpha value is -2.13. The summed E-state index contributed by atoms with van der Waals surface area (Å²) in [6.07, 6.45) is 2.08. The van der Waals surface area contributed by atoms with Crippen LogP contribution < -0.4 is 5.32 Å². The van der Waals surface area contributed by atoms with Crippen LogP contribution in [-0.4, -0.2) is 24.9 Å². The van der Waals surface area contributed by atoms with Crippen LogP contribution in [0.15, 0.2) is 48.5 Å². The molecule has 0 bridgehead atoms. The van der Waals surface area contributed by atoms with Crippen molar-refractivity contribution in [1.82, 2.24) is 10.2 Å². The van der Waals surface area contributed by atoms with Crippen LogP contribution in [-0.2, 0) is 17.9 Å². The van der Waals surface area contributed by atoms with Gasteiger partial charge < -0.3 is 10.2 Å². The second-order valence-electron chi connectivity index (χ2n) is 6.58. The average molecular weight is 308 g/mol. The molecule has 1 amide bonds. The predicted molar refractivity (Wildman–Crippen MR) is 93.8 cm³/mol. The van der Waals surface area contributed by atoms with Gasteiger partial charge in [0.15, 0.2) is 0 Å². The van der Waals surface area contributed by atoms with Crippen LogP contribution >= 0.6 is 0 Å². The Labute approximate surface area is 138 Å². The zero-order valence-corrected chi connectivity index (χ0v) is 13.9. The van der Waals surface area contributed by atoms with Gasteiger partial charge in [0.1, 0.15) is 0 Å². The third kappa shape index (κ3) is 4.20. The Balaban J connectivity index is 1.74. The molecular formula is C20H24N2O. The maximum absolute atomic E-state index is 11.9. The van der Waals surface area contributed by atoms with Crippen molar-refractivity contribution in [2.24, 2.45) is 5.92 Å². The van der Waals surface area contributed by atoms with Crippen molar-refractivity contribution in [2.45, 2.75) is 25.9 Å². The maximum Gasteiger partial charge on any atom is 0.223 e. The molecule has 1 aliphatic carbocycles. The van der Waals surface area contributed by atoms with Crippen LogP contribution in [0.4, 0.5) is 0 Å². The summed E-state index contributed by atoms with van der Waals surface area (Å²) in [4.78, 5) is 14.0. The number of rotatable bonds is 6. The lowest BCUT2D eigenvalue weighted by Gasteiger charge is -2.13. The van der Waals surface area contributed by atoms with Crippen LogP contribution in [0.25, 0.3) is 11.1 Å². The second-order valence-corrected chi connectivity index (χ2v) is 6.58. The van der Waals surface area contributed by atoms with Gasteiger partial charge in [0.2, 0.25) is 5.91 Å². The standard InChI is InChI=1S/C20H24N2O/c1-22(2)14-15-7-9-16(10-8-15)19-6-4-3-5-18(19)13-21-20(23)17-11-12-17/h3-10,17H,11-14H2,1-2H3,(H,21,23). The molecule has 1 fully saturated rings. The van der Waals surface area contributed by atoms with Crippen molar-refractivity contribution in [1.29, 1.82) is 0 Å². The summed E-state index contributed by atoms with van der Waals surface area (Å²) >= 11 is 0. The van der Waals surface area contributed by atoms with E-state index >= 15 is 0 Å². The Bertz CT molecular complexity index is 672. The first-order valence-corrected chi connectivity index (χ1v) is 8.23. The summed E-state index contributed by atoms with van der Waals surface area (Å²) in [7, 11) is 4.15. The minimum absolute atomic E-state index is 0.195. The third-order valence-electron chi connectivity index (χ3n) is 4.18. The van der Waals surface area contributed by atoms with E-state index in [-0.39, 0.29) is 11.8 Å². The molecule has 1 saturated carbocycles. The Morgan fingerprint density at radius 1 is 1.09 bits per heavy atom. The number of hydrogen-bond acceptors (Lipinski definition) is 2. The normalized spacial score (nSPS) is 14.0. The van der Waals surface area contributed by atoms with Crippen molar-refractivity contribution in [3.63, 3.8) is 0 Å². The molecule has 3 rings (SSSR count). The molecule has 0 radical (unpaired) electrons. The SMILES string of the molecule is CN(C)Cc1ccc(-c2ccccc2CNC(=O)C2CC2)cc1. The molecule has 0 aliphatic heterocycles. The lowest BCUT2D eigenvalue weighted by atomic mass is 9.98. The van der Waals surface area contributed by atoms with Crippen LogP contribution in [0.2, 0.25) is 0 Å². The lowest BCUT2D eigenvalue weighted by Crippen LogP contribution is -2.24. The number of carbonyl (C=O) groups is 1. The van der Waals surface area contributed by atoms with Gasteiger partial charge >= 0.3 is 0 Å². The van der Waals surface area contributed by atoms with Gasteiger partial charge in [0.25, 0.3) is 0 Å². The molecule has 23 heavy (non-hydrogen) atoms. The topological polar surface area (TPSA) is 32.3 Å². The number of benzene rings is 2. The molecule has 2 aromatic rings. The van der Waals surface area contributed by atoms with Gasteiger partial charge in [-0.15, -0.1) is 0 Å². The highest BCUT2D eigenvalue weighted by molar-refractivity contribution is 5.81. The van der Waals surface area contributed by atoms with Gasteiger partial charge in [-0.05, 0) is 49.2 Å². The van der Waals surface area contributed by atoms with E-state index in [4.69, 9.17) is 0 Å². The Morgan fingerprint density at radius 3 is 2.43 bits per heavy atom. The largest absolute Gasteiger partial charge is 0.352 e. The molecule has 0 saturated heterocycles. The molecule has 1 aliphatic rings. The van der Waals surface area contributed by atoms with Gasteiger partial charge in [-0.25, -0.2) is 0 Å². The highest BCUT2D eigenvalue weighted by atomic mass is 16.2. The molecule has 0 unspecified atom stereocenters. The van der Waals surface area contributed by atoms with E-state index in [1.807, 2.05) is 6.07 Å². The number of nitrogens with zero attached hydrogens (tertiary/aromatic N) is 1. The molecule has 1 N–H and O–H groups in total. The molecule has 3 heteroatoms. The number of carbonyl (C=O) groups excluding carboxylic acids is 1. The highest BCUT2D eigenvalue weighted by Crippen LogP contribution is 2.29. The fourth-order valence-corrected chi connectivity index (χ4v) is 2.78. The smallest absolute Gasteiger partial charge is 0.223 e. The van der Waals surface area contributed by atoms with Gasteiger partial charge in [-0.3, -0.25) is 4.79 Å². The van der Waals surface area contributed by atoms with E-state index in [2.05, 4.69) is 66.8 Å². The van der Waals surface area contributed by atoms with Crippen LogP contribution in [0.5, 0.6) is 0 Å². The fourth-order valence-electron chi connectivity index (χ4n) is 2.78. The number of nitrogens with one attached hydrogen (secondary N) is 1. The summed E-state index contributed by atoms with van der Waals surface area (Å²) in [5.41, 5.74) is 4.86. The van der Waals surface area contributed by atoms with Crippen molar-refractivity contribution < 1.29 is 4.79 Å². The summed E-state index contributed by atoms with van der Waals surface area (Å²) < 4.78 is 0. The van der Waals surface area contributed by atoms with E-state index in [1.54, 1.807) is 0 Å². The molecule has 0 spiro atoms. The maximum atomic E-state index is 11.9. The summed E-state index contributed by atoms with van der Waals surface area (Å²) in [6, 6.07) is 17.0. The van der Waals surface area contributed by atoms with Crippen molar-refractivity contribution in [3.8, 4) is 11.1 Å². The van der Waals surface area contributed by atoms with E-state index in [1.165, 1.54) is 22.3 Å². The van der Waals surface area contributed by atoms with Gasteiger partial charge in [-0.2, -0.15) is 0 Å². The quantitative estimate of drug-likeness (QED) is 0.886. The first-order valence-electron chi connectivity index (χ1n) is 8.23. The fraction of sp³-hybridized carbons (Fsp3) is 0.350. The second kappa shape index (κ2) is 6.97. The number of amides is 1. The van der Waals surface area contributed by atoms with Crippen LogP contribution in [0.1, 0.15) is 24.0 Å². The molecule has 3 nitrogen and oxygen atoms in total. The Kier molecular flexibility index (Phi) is 4.77. The zero-order valence-electron chi connectivity index (χ0n) is 13.9. The first kappa shape index (κ1) is 15.8. The molecule has 120 valence electrons. The molecular weight excluding hydrogens is 284 g/mol. The predicted octanol–water partition coefficient (Wildman–Crippen LogP) is 3.44. The minimum atomic E-state index is 0.195. The van der Waals surface area contributed by atoms with E-state index in [0.29, 0.717) is 6.54 Å². The van der Waals surface area contributed by atoms with Crippen molar-refractivity contribution in [3.05, 3.63) is 59.7 Å². The number of hydrogen-bond donors (Lipinski definition) is 1. The molecule has 0 atom stereocenters. The molecule has 0 heterocycles. The lowest BCUT2D eigenvalue weighted by molar-refractivity contribution is -0.122. The Morgan fingerprint density at radius 2 is 1.78 bits per heavy atom. The zero-order chi connectivity index (χ0) is 16.2. The van der Waals surface area contributed by atoms with E-state index < -0.39 is 0 Å². The van der Waals surface area contributed by atoms with Crippen LogP contribution in [0.3, 0.4) is 0 Å². The van der Waals surface area contributed by atoms with Gasteiger partial charge in [0.05, 0.1) is 0 Å². The highest BCUT2D eigenvalue weighted by Gasteiger charge is 2.29. The van der Waals surface area contributed by atoms with Crippen LogP contribution in [0, 0.1) is 5.92 Å². The van der Waals surface area contributed by atoms with Crippen molar-refractivity contribution >= 4 is 5.91 Å². The molecule has 0 aromatic heterocycles. The van der Waals surface area contributed by atoms with Crippen molar-refractivity contribution in [2.75, 3.05) is 14.1 Å². The molecule has 2 aromatic carbocycles. The monoisotopic (exact) mass is 308 g/mol. The third-order valence-corrected chi connectivity index (χ3v) is 4.18.